The van der Waals surface area contributed by atoms with Gasteiger partial charge in [0.25, 0.3) is 5.91 Å². The van der Waals surface area contributed by atoms with Crippen LogP contribution in [0.1, 0.15) is 15.9 Å². The van der Waals surface area contributed by atoms with E-state index in [2.05, 4.69) is 37.1 Å². The van der Waals surface area contributed by atoms with E-state index in [1.807, 2.05) is 48.5 Å². The Labute approximate surface area is 200 Å². The molecule has 31 heavy (non-hydrogen) atoms. The monoisotopic (exact) mass is 517 g/mol. The average molecular weight is 519 g/mol. The highest BCUT2D eigenvalue weighted by molar-refractivity contribution is 9.10. The van der Waals surface area contributed by atoms with Gasteiger partial charge in [-0.05, 0) is 54.1 Å². The molecule has 1 heterocycles. The molecule has 0 saturated carbocycles. The van der Waals surface area contributed by atoms with E-state index in [1.165, 1.54) is 5.56 Å². The van der Waals surface area contributed by atoms with Gasteiger partial charge in [0.05, 0.1) is 10.6 Å². The Hall–Kier alpha value is -2.05. The van der Waals surface area contributed by atoms with Gasteiger partial charge in [0, 0.05) is 53.6 Å². The molecule has 1 saturated heterocycles. The molecule has 0 aliphatic carbocycles. The molecule has 7 heteroatoms. The van der Waals surface area contributed by atoms with E-state index < -0.39 is 0 Å². The predicted octanol–water partition coefficient (Wildman–Crippen LogP) is 6.33. The molecule has 4 rings (SSSR count). The maximum atomic E-state index is 12.5. The van der Waals surface area contributed by atoms with Crippen molar-refractivity contribution in [3.8, 4) is 0 Å². The lowest BCUT2D eigenvalue weighted by Gasteiger charge is -2.36. The molecule has 0 radical (unpaired) electrons. The van der Waals surface area contributed by atoms with Gasteiger partial charge in [0.2, 0.25) is 0 Å². The Balaban J connectivity index is 1.33. The summed E-state index contributed by atoms with van der Waals surface area (Å²) in [5.41, 5.74) is 3.50. The maximum Gasteiger partial charge on any atom is 0.257 e. The molecule has 160 valence electrons. The summed E-state index contributed by atoms with van der Waals surface area (Å²) >= 11 is 15.8. The lowest BCUT2D eigenvalue weighted by Crippen LogP contribution is -2.46. The highest BCUT2D eigenvalue weighted by Gasteiger charge is 2.18. The van der Waals surface area contributed by atoms with Crippen molar-refractivity contribution in [1.29, 1.82) is 0 Å². The average Bonchev–Trinajstić information content (AvgIpc) is 2.78. The number of hydrogen-bond donors (Lipinski definition) is 1. The number of piperazine rings is 1. The van der Waals surface area contributed by atoms with Crippen LogP contribution in [0.3, 0.4) is 0 Å². The van der Waals surface area contributed by atoms with Crippen LogP contribution >= 0.6 is 39.1 Å². The highest BCUT2D eigenvalue weighted by Crippen LogP contribution is 2.24. The zero-order chi connectivity index (χ0) is 21.8. The van der Waals surface area contributed by atoms with Crippen molar-refractivity contribution in [2.75, 3.05) is 36.4 Å². The van der Waals surface area contributed by atoms with Crippen LogP contribution in [0.5, 0.6) is 0 Å². The van der Waals surface area contributed by atoms with E-state index in [0.29, 0.717) is 10.6 Å². The van der Waals surface area contributed by atoms with E-state index in [-0.39, 0.29) is 5.91 Å². The molecule has 0 atom stereocenters. The van der Waals surface area contributed by atoms with Crippen LogP contribution in [0.25, 0.3) is 0 Å². The van der Waals surface area contributed by atoms with Crippen molar-refractivity contribution in [1.82, 2.24) is 4.90 Å². The second-order valence-corrected chi connectivity index (χ2v) is 9.21. The summed E-state index contributed by atoms with van der Waals surface area (Å²) in [6.45, 7) is 4.72. The van der Waals surface area contributed by atoms with Crippen molar-refractivity contribution >= 4 is 56.4 Å². The Kier molecular flexibility index (Phi) is 7.18. The second kappa shape index (κ2) is 10.0. The summed E-state index contributed by atoms with van der Waals surface area (Å²) in [5.74, 6) is -0.229. The van der Waals surface area contributed by atoms with Gasteiger partial charge in [0.15, 0.2) is 0 Å². The first-order valence-electron chi connectivity index (χ1n) is 10.1. The molecular weight excluding hydrogens is 497 g/mol. The van der Waals surface area contributed by atoms with Crippen LogP contribution in [-0.2, 0) is 6.54 Å². The predicted molar refractivity (Wildman–Crippen MR) is 132 cm³/mol. The topological polar surface area (TPSA) is 35.6 Å². The van der Waals surface area contributed by atoms with Crippen molar-refractivity contribution in [2.45, 2.75) is 6.54 Å². The molecule has 1 aliphatic heterocycles. The Morgan fingerprint density at radius 3 is 2.32 bits per heavy atom. The summed E-state index contributed by atoms with van der Waals surface area (Å²) in [4.78, 5) is 17.3. The van der Waals surface area contributed by atoms with Gasteiger partial charge in [-0.15, -0.1) is 0 Å². The molecule has 0 spiro atoms. The lowest BCUT2D eigenvalue weighted by molar-refractivity contribution is 0.102. The summed E-state index contributed by atoms with van der Waals surface area (Å²) in [5, 5.41) is 4.16. The first kappa shape index (κ1) is 22.2. The lowest BCUT2D eigenvalue weighted by atomic mass is 10.1. The minimum atomic E-state index is -0.229. The number of halogens is 3. The van der Waals surface area contributed by atoms with Gasteiger partial charge in [-0.2, -0.15) is 0 Å². The smallest absolute Gasteiger partial charge is 0.257 e. The van der Waals surface area contributed by atoms with Crippen molar-refractivity contribution in [3.05, 3.63) is 92.4 Å². The van der Waals surface area contributed by atoms with Crippen LogP contribution in [0.4, 0.5) is 11.4 Å². The molecule has 3 aromatic rings. The molecular formula is C24H22BrCl2N3O. The minimum Gasteiger partial charge on any atom is -0.369 e. The number of anilines is 2. The first-order chi connectivity index (χ1) is 15.0. The highest BCUT2D eigenvalue weighted by atomic mass is 79.9. The Morgan fingerprint density at radius 1 is 0.903 bits per heavy atom. The standard InChI is InChI=1S/C24H22BrCl2N3O/c25-18-5-10-23(27)21(15-18)24(31)28-19-6-8-20(9-7-19)30-13-11-29(12-14-30)16-17-3-1-2-4-22(17)26/h1-10,15H,11-14,16H2,(H,28,31). The fourth-order valence-corrected chi connectivity index (χ4v) is 4.42. The van der Waals surface area contributed by atoms with Gasteiger partial charge in [-0.1, -0.05) is 57.3 Å². The first-order valence-corrected chi connectivity index (χ1v) is 11.6. The fourth-order valence-electron chi connectivity index (χ4n) is 3.66. The van der Waals surface area contributed by atoms with E-state index in [4.69, 9.17) is 23.2 Å². The largest absolute Gasteiger partial charge is 0.369 e. The molecule has 1 fully saturated rings. The summed E-state index contributed by atoms with van der Waals surface area (Å²) < 4.78 is 0.811. The molecule has 1 N–H and O–H groups in total. The third-order valence-electron chi connectivity index (χ3n) is 5.39. The number of nitrogens with zero attached hydrogens (tertiary/aromatic N) is 2. The molecule has 0 unspecified atom stereocenters. The number of benzene rings is 3. The second-order valence-electron chi connectivity index (χ2n) is 7.48. The molecule has 3 aromatic carbocycles. The number of nitrogens with one attached hydrogen (secondary N) is 1. The normalized spacial score (nSPS) is 14.5. The number of carbonyl (C=O) groups excluding carboxylic acids is 1. The van der Waals surface area contributed by atoms with Gasteiger partial charge < -0.3 is 10.2 Å². The van der Waals surface area contributed by atoms with Crippen molar-refractivity contribution in [2.24, 2.45) is 0 Å². The Morgan fingerprint density at radius 2 is 1.61 bits per heavy atom. The quantitative estimate of drug-likeness (QED) is 0.428. The van der Waals surface area contributed by atoms with Crippen molar-refractivity contribution in [3.63, 3.8) is 0 Å². The molecule has 1 aliphatic rings. The SMILES string of the molecule is O=C(Nc1ccc(N2CCN(Cc3ccccc3Cl)CC2)cc1)c1cc(Br)ccc1Cl. The van der Waals surface area contributed by atoms with Gasteiger partial charge >= 0.3 is 0 Å². The van der Waals surface area contributed by atoms with E-state index in [1.54, 1.807) is 12.1 Å². The maximum absolute atomic E-state index is 12.5. The van der Waals surface area contributed by atoms with E-state index in [0.717, 1.165) is 53.6 Å². The van der Waals surface area contributed by atoms with Crippen LogP contribution in [0.2, 0.25) is 10.0 Å². The minimum absolute atomic E-state index is 0.229. The molecule has 0 bridgehead atoms. The van der Waals surface area contributed by atoms with Gasteiger partial charge in [-0.3, -0.25) is 9.69 Å². The number of carbonyl (C=O) groups is 1. The van der Waals surface area contributed by atoms with Gasteiger partial charge in [-0.25, -0.2) is 0 Å². The third kappa shape index (κ3) is 5.60. The molecule has 1 amide bonds. The third-order valence-corrected chi connectivity index (χ3v) is 6.58. The number of rotatable bonds is 5. The number of hydrogen-bond acceptors (Lipinski definition) is 3. The van der Waals surface area contributed by atoms with Gasteiger partial charge in [0.1, 0.15) is 0 Å². The van der Waals surface area contributed by atoms with Crippen molar-refractivity contribution < 1.29 is 4.79 Å². The fraction of sp³-hybridized carbons (Fsp3) is 0.208. The Bertz CT molecular complexity index is 1070. The summed E-state index contributed by atoms with van der Waals surface area (Å²) in [7, 11) is 0. The van der Waals surface area contributed by atoms with E-state index >= 15 is 0 Å². The zero-order valence-electron chi connectivity index (χ0n) is 16.8. The molecule has 0 aromatic heterocycles. The van der Waals surface area contributed by atoms with Crippen LogP contribution in [0.15, 0.2) is 71.2 Å². The summed E-state index contributed by atoms with van der Waals surface area (Å²) in [6, 6.07) is 21.2. The molecule has 4 nitrogen and oxygen atoms in total. The van der Waals surface area contributed by atoms with Crippen LogP contribution < -0.4 is 10.2 Å². The number of amides is 1. The van der Waals surface area contributed by atoms with Crippen LogP contribution in [0, 0.1) is 0 Å². The van der Waals surface area contributed by atoms with E-state index in [9.17, 15) is 4.79 Å². The van der Waals surface area contributed by atoms with Crippen LogP contribution in [-0.4, -0.2) is 37.0 Å². The zero-order valence-corrected chi connectivity index (χ0v) is 19.9. The summed E-state index contributed by atoms with van der Waals surface area (Å²) in [6.07, 6.45) is 0.